The van der Waals surface area contributed by atoms with Crippen LogP contribution < -0.4 is 0 Å². The van der Waals surface area contributed by atoms with Gasteiger partial charge in [0.2, 0.25) is 15.9 Å². The summed E-state index contributed by atoms with van der Waals surface area (Å²) in [7, 11) is -3.46. The maximum atomic E-state index is 12.6. The van der Waals surface area contributed by atoms with Gasteiger partial charge in [0, 0.05) is 39.3 Å². The molecule has 0 N–H and O–H groups in total. The van der Waals surface area contributed by atoms with Gasteiger partial charge in [0.05, 0.1) is 0 Å². The number of ether oxygens (including phenoxy) is 1. The first-order chi connectivity index (χ1) is 11.0. The zero-order chi connectivity index (χ0) is 18.1. The first kappa shape index (κ1) is 18.7. The molecule has 2 aliphatic rings. The lowest BCUT2D eigenvalue weighted by atomic mass is 10.2. The van der Waals surface area contributed by atoms with E-state index in [2.05, 4.69) is 6.58 Å². The van der Waals surface area contributed by atoms with Crippen molar-refractivity contribution in [1.82, 2.24) is 14.1 Å². The summed E-state index contributed by atoms with van der Waals surface area (Å²) in [6, 6.07) is 0. The molecule has 136 valence electrons. The first-order valence-corrected chi connectivity index (χ1v) is 9.43. The Morgan fingerprint density at radius 1 is 1.08 bits per heavy atom. The third-order valence-electron chi connectivity index (χ3n) is 4.01. The molecule has 2 fully saturated rings. The summed E-state index contributed by atoms with van der Waals surface area (Å²) in [5, 5.41) is -0.575. The van der Waals surface area contributed by atoms with E-state index < -0.39 is 27.0 Å². The van der Waals surface area contributed by atoms with Crippen molar-refractivity contribution >= 4 is 22.0 Å². The van der Waals surface area contributed by atoms with Crippen molar-refractivity contribution in [2.45, 2.75) is 31.6 Å². The molecule has 0 atom stereocenters. The zero-order valence-corrected chi connectivity index (χ0v) is 15.2. The van der Waals surface area contributed by atoms with Gasteiger partial charge in [-0.3, -0.25) is 4.79 Å². The second-order valence-corrected chi connectivity index (χ2v) is 9.19. The molecule has 2 amide bonds. The lowest BCUT2D eigenvalue weighted by molar-refractivity contribution is -0.129. The Balaban J connectivity index is 1.87. The highest BCUT2D eigenvalue weighted by atomic mass is 32.2. The number of amides is 2. The smallest absolute Gasteiger partial charge is 0.410 e. The van der Waals surface area contributed by atoms with Crippen LogP contribution in [0.25, 0.3) is 0 Å². The minimum Gasteiger partial charge on any atom is -0.444 e. The van der Waals surface area contributed by atoms with Crippen LogP contribution in [0.3, 0.4) is 0 Å². The second-order valence-electron chi connectivity index (χ2n) is 6.98. The SMILES string of the molecule is C=CC(=O)N1CC(S(=O)(=O)N2CCN(C(=O)OC(C)(C)C)CC2)C1. The first-order valence-electron chi connectivity index (χ1n) is 7.93. The van der Waals surface area contributed by atoms with Crippen LogP contribution in [-0.2, 0) is 19.6 Å². The van der Waals surface area contributed by atoms with Crippen LogP contribution in [0, 0.1) is 0 Å². The Labute approximate surface area is 143 Å². The van der Waals surface area contributed by atoms with E-state index in [4.69, 9.17) is 4.74 Å². The van der Waals surface area contributed by atoms with Crippen LogP contribution in [0.4, 0.5) is 4.79 Å². The van der Waals surface area contributed by atoms with E-state index in [1.54, 1.807) is 20.8 Å². The Hall–Kier alpha value is -1.61. The molecule has 9 heteroatoms. The standard InChI is InChI=1S/C15H25N3O5S/c1-5-13(19)17-10-12(11-17)24(21,22)18-8-6-16(7-9-18)14(20)23-15(2,3)4/h5,12H,1,6-11H2,2-4H3. The quantitative estimate of drug-likeness (QED) is 0.675. The van der Waals surface area contributed by atoms with Crippen LogP contribution in [0.2, 0.25) is 0 Å². The number of hydrogen-bond acceptors (Lipinski definition) is 5. The zero-order valence-electron chi connectivity index (χ0n) is 14.4. The van der Waals surface area contributed by atoms with Crippen LogP contribution in [-0.4, -0.2) is 84.6 Å². The minimum absolute atomic E-state index is 0.194. The highest BCUT2D eigenvalue weighted by Crippen LogP contribution is 2.22. The Kier molecular flexibility index (Phi) is 5.24. The number of sulfonamides is 1. The largest absolute Gasteiger partial charge is 0.444 e. The molecule has 0 aliphatic carbocycles. The van der Waals surface area contributed by atoms with Gasteiger partial charge in [0.25, 0.3) is 0 Å². The highest BCUT2D eigenvalue weighted by Gasteiger charge is 2.43. The topological polar surface area (TPSA) is 87.2 Å². The molecule has 0 unspecified atom stereocenters. The fraction of sp³-hybridized carbons (Fsp3) is 0.733. The van der Waals surface area contributed by atoms with Crippen molar-refractivity contribution in [1.29, 1.82) is 0 Å². The van der Waals surface area contributed by atoms with E-state index >= 15 is 0 Å². The average molecular weight is 359 g/mol. The van der Waals surface area contributed by atoms with Gasteiger partial charge in [0.15, 0.2) is 0 Å². The number of carbonyl (C=O) groups is 2. The van der Waals surface area contributed by atoms with Gasteiger partial charge in [-0.15, -0.1) is 0 Å². The van der Waals surface area contributed by atoms with Crippen molar-refractivity contribution in [3.8, 4) is 0 Å². The fourth-order valence-electron chi connectivity index (χ4n) is 2.60. The van der Waals surface area contributed by atoms with Crippen LogP contribution in [0.5, 0.6) is 0 Å². The van der Waals surface area contributed by atoms with E-state index in [1.165, 1.54) is 20.2 Å². The summed E-state index contributed by atoms with van der Waals surface area (Å²) in [5.41, 5.74) is -0.576. The Morgan fingerprint density at radius 3 is 2.08 bits per heavy atom. The number of hydrogen-bond donors (Lipinski definition) is 0. The molecule has 0 aromatic heterocycles. The third kappa shape index (κ3) is 4.07. The number of nitrogens with zero attached hydrogens (tertiary/aromatic N) is 3. The van der Waals surface area contributed by atoms with E-state index in [0.29, 0.717) is 13.1 Å². The predicted molar refractivity (Wildman–Crippen MR) is 88.9 cm³/mol. The molecule has 0 saturated carbocycles. The molecule has 2 rings (SSSR count). The number of piperazine rings is 1. The molecule has 2 heterocycles. The monoisotopic (exact) mass is 359 g/mol. The van der Waals surface area contributed by atoms with Gasteiger partial charge in [-0.25, -0.2) is 13.2 Å². The molecular weight excluding hydrogens is 334 g/mol. The molecule has 2 saturated heterocycles. The number of likely N-dealkylation sites (tertiary alicyclic amines) is 1. The van der Waals surface area contributed by atoms with E-state index in [1.807, 2.05) is 0 Å². The van der Waals surface area contributed by atoms with Gasteiger partial charge < -0.3 is 14.5 Å². The Bertz CT molecular complexity index is 612. The maximum Gasteiger partial charge on any atom is 0.410 e. The van der Waals surface area contributed by atoms with E-state index in [-0.39, 0.29) is 32.1 Å². The van der Waals surface area contributed by atoms with E-state index in [9.17, 15) is 18.0 Å². The van der Waals surface area contributed by atoms with E-state index in [0.717, 1.165) is 0 Å². The summed E-state index contributed by atoms with van der Waals surface area (Å²) in [4.78, 5) is 26.4. The molecule has 0 bridgehead atoms. The third-order valence-corrected chi connectivity index (χ3v) is 6.23. The normalized spacial score (nSPS) is 20.5. The number of carbonyl (C=O) groups excluding carboxylic acids is 2. The summed E-state index contributed by atoms with van der Waals surface area (Å²) in [6.45, 7) is 10.2. The van der Waals surface area contributed by atoms with Crippen molar-refractivity contribution in [2.75, 3.05) is 39.3 Å². The molecule has 0 radical (unpaired) electrons. The average Bonchev–Trinajstić information content (AvgIpc) is 2.43. The van der Waals surface area contributed by atoms with Gasteiger partial charge >= 0.3 is 6.09 Å². The summed E-state index contributed by atoms with van der Waals surface area (Å²) in [6.07, 6.45) is 0.758. The van der Waals surface area contributed by atoms with Gasteiger partial charge in [0.1, 0.15) is 10.9 Å². The minimum atomic E-state index is -3.46. The predicted octanol–water partition coefficient (Wildman–Crippen LogP) is 0.266. The van der Waals surface area contributed by atoms with Crippen molar-refractivity contribution in [2.24, 2.45) is 0 Å². The summed E-state index contributed by atoms with van der Waals surface area (Å²) < 4.78 is 31.8. The van der Waals surface area contributed by atoms with Gasteiger partial charge in [-0.1, -0.05) is 6.58 Å². The number of rotatable bonds is 3. The van der Waals surface area contributed by atoms with Gasteiger partial charge in [-0.2, -0.15) is 4.31 Å². The molecule has 0 aromatic rings. The molecule has 0 aromatic carbocycles. The van der Waals surface area contributed by atoms with Crippen molar-refractivity contribution in [3.05, 3.63) is 12.7 Å². The summed E-state index contributed by atoms with van der Waals surface area (Å²) in [5.74, 6) is -0.254. The molecule has 2 aliphatic heterocycles. The summed E-state index contributed by atoms with van der Waals surface area (Å²) >= 11 is 0. The van der Waals surface area contributed by atoms with Crippen molar-refractivity contribution < 1.29 is 22.7 Å². The van der Waals surface area contributed by atoms with Crippen LogP contribution in [0.15, 0.2) is 12.7 Å². The highest BCUT2D eigenvalue weighted by molar-refractivity contribution is 7.89. The lowest BCUT2D eigenvalue weighted by Gasteiger charge is -2.42. The van der Waals surface area contributed by atoms with Gasteiger partial charge in [-0.05, 0) is 26.8 Å². The fourth-order valence-corrected chi connectivity index (χ4v) is 4.43. The maximum absolute atomic E-state index is 12.6. The Morgan fingerprint density at radius 2 is 1.62 bits per heavy atom. The molecule has 24 heavy (non-hydrogen) atoms. The van der Waals surface area contributed by atoms with Crippen LogP contribution in [0.1, 0.15) is 20.8 Å². The lowest BCUT2D eigenvalue weighted by Crippen LogP contribution is -2.62. The van der Waals surface area contributed by atoms with Crippen LogP contribution >= 0.6 is 0 Å². The second kappa shape index (κ2) is 6.72. The molecule has 0 spiro atoms. The molecular formula is C15H25N3O5S. The molecule has 8 nitrogen and oxygen atoms in total. The van der Waals surface area contributed by atoms with Crippen molar-refractivity contribution in [3.63, 3.8) is 0 Å².